The number of piperidine rings is 3. The van der Waals surface area contributed by atoms with Crippen LogP contribution in [-0.2, 0) is 0 Å². The van der Waals surface area contributed by atoms with Crippen molar-refractivity contribution in [3.05, 3.63) is 0 Å². The first-order valence-electron chi connectivity index (χ1n) is 7.28. The molecule has 0 radical (unpaired) electrons. The van der Waals surface area contributed by atoms with Crippen molar-refractivity contribution < 1.29 is 0 Å². The van der Waals surface area contributed by atoms with Gasteiger partial charge in [-0.05, 0) is 45.2 Å². The van der Waals surface area contributed by atoms with Crippen LogP contribution in [0, 0.1) is 5.92 Å². The summed E-state index contributed by atoms with van der Waals surface area (Å²) in [6.07, 6.45) is 8.35. The number of unbranched alkanes of at least 4 members (excludes halogenated alkanes) is 2. The zero-order chi connectivity index (χ0) is 11.4. The Kier molecular flexibility index (Phi) is 4.66. The van der Waals surface area contributed by atoms with E-state index in [4.69, 9.17) is 0 Å². The fourth-order valence-corrected chi connectivity index (χ4v) is 3.30. The van der Waals surface area contributed by atoms with Crippen LogP contribution >= 0.6 is 0 Å². The second kappa shape index (κ2) is 6.02. The van der Waals surface area contributed by atoms with E-state index in [1.807, 2.05) is 0 Å². The SMILES string of the molecule is CCCCCC(C)NC1CN2CCC1CC2. The van der Waals surface area contributed by atoms with Crippen molar-refractivity contribution >= 4 is 0 Å². The first-order chi connectivity index (χ1) is 7.79. The highest BCUT2D eigenvalue weighted by Gasteiger charge is 2.34. The first kappa shape index (κ1) is 12.4. The van der Waals surface area contributed by atoms with E-state index in [2.05, 4.69) is 24.1 Å². The monoisotopic (exact) mass is 224 g/mol. The van der Waals surface area contributed by atoms with Crippen LogP contribution in [-0.4, -0.2) is 36.6 Å². The van der Waals surface area contributed by atoms with Gasteiger partial charge in [0, 0.05) is 18.6 Å². The summed E-state index contributed by atoms with van der Waals surface area (Å²) in [7, 11) is 0. The van der Waals surface area contributed by atoms with Crippen LogP contribution in [0.5, 0.6) is 0 Å². The molecule has 3 saturated heterocycles. The average molecular weight is 224 g/mol. The molecule has 16 heavy (non-hydrogen) atoms. The predicted octanol–water partition coefficient (Wildman–Crippen LogP) is 2.64. The van der Waals surface area contributed by atoms with Crippen LogP contribution in [0.15, 0.2) is 0 Å². The zero-order valence-electron chi connectivity index (χ0n) is 11.0. The van der Waals surface area contributed by atoms with E-state index in [0.717, 1.165) is 18.0 Å². The van der Waals surface area contributed by atoms with E-state index >= 15 is 0 Å². The smallest absolute Gasteiger partial charge is 0.0226 e. The maximum atomic E-state index is 3.87. The minimum absolute atomic E-state index is 0.720. The Hall–Kier alpha value is -0.0800. The molecule has 3 rings (SSSR count). The van der Waals surface area contributed by atoms with Crippen molar-refractivity contribution in [2.45, 2.75) is 64.5 Å². The summed E-state index contributed by atoms with van der Waals surface area (Å²) in [5.41, 5.74) is 0. The molecule has 0 aromatic carbocycles. The van der Waals surface area contributed by atoms with Gasteiger partial charge in [0.15, 0.2) is 0 Å². The van der Waals surface area contributed by atoms with Crippen LogP contribution in [0.4, 0.5) is 0 Å². The number of rotatable bonds is 6. The molecule has 0 aromatic heterocycles. The lowest BCUT2D eigenvalue weighted by atomic mass is 9.83. The standard InChI is InChI=1S/C14H28N2/c1-3-4-5-6-12(2)15-14-11-16-9-7-13(14)8-10-16/h12-15H,3-11H2,1-2H3. The molecule has 1 N–H and O–H groups in total. The number of hydrogen-bond donors (Lipinski definition) is 1. The quantitative estimate of drug-likeness (QED) is 0.698. The number of nitrogens with zero attached hydrogens (tertiary/aromatic N) is 1. The van der Waals surface area contributed by atoms with E-state index in [0.29, 0.717) is 0 Å². The summed E-state index contributed by atoms with van der Waals surface area (Å²) in [4.78, 5) is 2.64. The van der Waals surface area contributed by atoms with Gasteiger partial charge >= 0.3 is 0 Å². The first-order valence-corrected chi connectivity index (χ1v) is 7.28. The van der Waals surface area contributed by atoms with Crippen LogP contribution in [0.1, 0.15) is 52.4 Å². The molecule has 2 bridgehead atoms. The van der Waals surface area contributed by atoms with Gasteiger partial charge in [-0.1, -0.05) is 26.2 Å². The van der Waals surface area contributed by atoms with Crippen LogP contribution in [0.3, 0.4) is 0 Å². The Labute approximate surface area is 101 Å². The lowest BCUT2D eigenvalue weighted by Crippen LogP contribution is -2.57. The van der Waals surface area contributed by atoms with Gasteiger partial charge in [-0.3, -0.25) is 0 Å². The molecular formula is C14H28N2. The Morgan fingerprint density at radius 1 is 1.25 bits per heavy atom. The molecule has 3 aliphatic heterocycles. The van der Waals surface area contributed by atoms with Gasteiger partial charge in [-0.25, -0.2) is 0 Å². The van der Waals surface area contributed by atoms with E-state index in [9.17, 15) is 0 Å². The van der Waals surface area contributed by atoms with Crippen molar-refractivity contribution in [3.63, 3.8) is 0 Å². The van der Waals surface area contributed by atoms with E-state index < -0.39 is 0 Å². The molecule has 0 aliphatic carbocycles. The largest absolute Gasteiger partial charge is 0.310 e. The van der Waals surface area contributed by atoms with E-state index in [-0.39, 0.29) is 0 Å². The van der Waals surface area contributed by atoms with Crippen molar-refractivity contribution in [3.8, 4) is 0 Å². The van der Waals surface area contributed by atoms with Crippen molar-refractivity contribution in [2.24, 2.45) is 5.92 Å². The molecule has 3 fully saturated rings. The molecule has 3 heterocycles. The summed E-state index contributed by atoms with van der Waals surface area (Å²) in [6, 6.07) is 1.51. The molecule has 2 heteroatoms. The third-order valence-corrected chi connectivity index (χ3v) is 4.40. The van der Waals surface area contributed by atoms with Crippen molar-refractivity contribution in [1.29, 1.82) is 0 Å². The third kappa shape index (κ3) is 3.21. The van der Waals surface area contributed by atoms with Crippen molar-refractivity contribution in [2.75, 3.05) is 19.6 Å². The number of hydrogen-bond acceptors (Lipinski definition) is 2. The molecule has 2 atom stereocenters. The van der Waals surface area contributed by atoms with Gasteiger partial charge in [0.25, 0.3) is 0 Å². The third-order valence-electron chi connectivity index (χ3n) is 4.40. The van der Waals surface area contributed by atoms with Gasteiger partial charge in [0.1, 0.15) is 0 Å². The van der Waals surface area contributed by atoms with Crippen LogP contribution in [0.2, 0.25) is 0 Å². The Bertz CT molecular complexity index is 197. The van der Waals surface area contributed by atoms with Gasteiger partial charge < -0.3 is 10.2 Å². The Balaban J connectivity index is 1.68. The summed E-state index contributed by atoms with van der Waals surface area (Å²) in [5.74, 6) is 0.971. The number of fused-ring (bicyclic) bond motifs is 3. The fraction of sp³-hybridized carbons (Fsp3) is 1.00. The second-order valence-corrected chi connectivity index (χ2v) is 5.81. The van der Waals surface area contributed by atoms with Crippen LogP contribution < -0.4 is 5.32 Å². The van der Waals surface area contributed by atoms with Crippen LogP contribution in [0.25, 0.3) is 0 Å². The minimum Gasteiger partial charge on any atom is -0.310 e. The van der Waals surface area contributed by atoms with E-state index in [1.165, 1.54) is 58.2 Å². The second-order valence-electron chi connectivity index (χ2n) is 5.81. The molecule has 2 nitrogen and oxygen atoms in total. The topological polar surface area (TPSA) is 15.3 Å². The van der Waals surface area contributed by atoms with Gasteiger partial charge in [-0.15, -0.1) is 0 Å². The summed E-state index contributed by atoms with van der Waals surface area (Å²) >= 11 is 0. The number of nitrogens with one attached hydrogen (secondary N) is 1. The molecule has 0 aromatic rings. The highest BCUT2D eigenvalue weighted by molar-refractivity contribution is 4.91. The maximum absolute atomic E-state index is 3.87. The van der Waals surface area contributed by atoms with Crippen molar-refractivity contribution in [1.82, 2.24) is 10.2 Å². The van der Waals surface area contributed by atoms with Gasteiger partial charge in [0.05, 0.1) is 0 Å². The van der Waals surface area contributed by atoms with E-state index in [1.54, 1.807) is 0 Å². The highest BCUT2D eigenvalue weighted by Crippen LogP contribution is 2.27. The molecule has 0 amide bonds. The summed E-state index contributed by atoms with van der Waals surface area (Å²) in [6.45, 7) is 8.67. The molecule has 0 spiro atoms. The van der Waals surface area contributed by atoms with Gasteiger partial charge in [0.2, 0.25) is 0 Å². The highest BCUT2D eigenvalue weighted by atomic mass is 15.2. The summed E-state index contributed by atoms with van der Waals surface area (Å²) < 4.78 is 0. The predicted molar refractivity (Wildman–Crippen MR) is 69.7 cm³/mol. The lowest BCUT2D eigenvalue weighted by Gasteiger charge is -2.46. The Morgan fingerprint density at radius 3 is 2.56 bits per heavy atom. The Morgan fingerprint density at radius 2 is 2.00 bits per heavy atom. The minimum atomic E-state index is 0.720. The molecule has 2 unspecified atom stereocenters. The molecule has 0 saturated carbocycles. The fourth-order valence-electron chi connectivity index (χ4n) is 3.30. The molecule has 94 valence electrons. The summed E-state index contributed by atoms with van der Waals surface area (Å²) in [5, 5.41) is 3.87. The lowest BCUT2D eigenvalue weighted by molar-refractivity contribution is 0.0674. The molecular weight excluding hydrogens is 196 g/mol. The average Bonchev–Trinajstić information content (AvgIpc) is 2.31. The molecule has 3 aliphatic rings. The zero-order valence-corrected chi connectivity index (χ0v) is 11.0. The normalized spacial score (nSPS) is 35.2. The van der Waals surface area contributed by atoms with Gasteiger partial charge in [-0.2, -0.15) is 0 Å². The maximum Gasteiger partial charge on any atom is 0.0226 e.